The number of carbonyl (C=O) groups excluding carboxylic acids is 1. The summed E-state index contributed by atoms with van der Waals surface area (Å²) in [6, 6.07) is 10.8. The summed E-state index contributed by atoms with van der Waals surface area (Å²) in [5.74, 6) is 0.596. The standard InChI is InChI=1S/C25H23F3N10O/c26-25(27,28)12-30-23(39)16-11-38-20(21(29)31-13-32-38)19(16)14-3-5-15(6-4-14)33-24-34-17-7-8-18(35-22(17)36-24)37-9-1-2-10-37/h3-8,11,13H,1-2,9-10,12H2,(H,30,39)(H2,29,31,32)(H2,33,34,35,36). The minimum Gasteiger partial charge on any atom is -0.382 e. The lowest BCUT2D eigenvalue weighted by Crippen LogP contribution is -2.33. The quantitative estimate of drug-likeness (QED) is 0.256. The van der Waals surface area contributed by atoms with Gasteiger partial charge in [-0.25, -0.2) is 19.5 Å². The number of hydrogen-bond acceptors (Lipinski definition) is 8. The number of H-pyrrole nitrogens is 1. The van der Waals surface area contributed by atoms with Crippen molar-refractivity contribution in [1.82, 2.24) is 34.9 Å². The smallest absolute Gasteiger partial charge is 0.382 e. The van der Waals surface area contributed by atoms with Crippen molar-refractivity contribution in [3.63, 3.8) is 0 Å². The number of fused-ring (bicyclic) bond motifs is 2. The molecule has 4 aromatic heterocycles. The molecule has 5 aromatic rings. The number of anilines is 4. The predicted octanol–water partition coefficient (Wildman–Crippen LogP) is 3.89. The van der Waals surface area contributed by atoms with Gasteiger partial charge in [0.15, 0.2) is 11.5 Å². The summed E-state index contributed by atoms with van der Waals surface area (Å²) < 4.78 is 39.5. The van der Waals surface area contributed by atoms with Crippen LogP contribution in [0.5, 0.6) is 0 Å². The Labute approximate surface area is 219 Å². The lowest BCUT2D eigenvalue weighted by atomic mass is 10.0. The molecule has 39 heavy (non-hydrogen) atoms. The number of carbonyl (C=O) groups is 1. The number of nitrogen functional groups attached to an aromatic ring is 1. The van der Waals surface area contributed by atoms with Gasteiger partial charge in [-0.05, 0) is 42.7 Å². The molecule has 6 rings (SSSR count). The van der Waals surface area contributed by atoms with Gasteiger partial charge in [0, 0.05) is 30.5 Å². The molecule has 0 aliphatic carbocycles. The van der Waals surface area contributed by atoms with Crippen LogP contribution in [0.4, 0.5) is 36.4 Å². The average molecular weight is 537 g/mol. The number of aromatic nitrogens is 6. The van der Waals surface area contributed by atoms with Crippen LogP contribution in [0, 0.1) is 0 Å². The Morgan fingerprint density at radius 1 is 1.08 bits per heavy atom. The largest absolute Gasteiger partial charge is 0.405 e. The highest BCUT2D eigenvalue weighted by molar-refractivity contribution is 6.07. The number of halogens is 3. The Balaban J connectivity index is 1.28. The fourth-order valence-corrected chi connectivity index (χ4v) is 4.70. The van der Waals surface area contributed by atoms with E-state index < -0.39 is 18.6 Å². The molecule has 1 aromatic carbocycles. The number of nitrogens with two attached hydrogens (primary N) is 1. The van der Waals surface area contributed by atoms with Crippen LogP contribution in [0.3, 0.4) is 0 Å². The van der Waals surface area contributed by atoms with Crippen molar-refractivity contribution >= 4 is 45.9 Å². The van der Waals surface area contributed by atoms with Gasteiger partial charge in [-0.2, -0.15) is 18.3 Å². The van der Waals surface area contributed by atoms with Crippen LogP contribution in [-0.4, -0.2) is 61.3 Å². The van der Waals surface area contributed by atoms with Crippen LogP contribution in [0.2, 0.25) is 0 Å². The molecule has 5 N–H and O–H groups in total. The van der Waals surface area contributed by atoms with Crippen molar-refractivity contribution in [3.8, 4) is 11.1 Å². The Kier molecular flexibility index (Phi) is 5.93. The minimum atomic E-state index is -4.55. The fourth-order valence-electron chi connectivity index (χ4n) is 4.70. The summed E-state index contributed by atoms with van der Waals surface area (Å²) in [5.41, 5.74) is 9.30. The number of benzene rings is 1. The van der Waals surface area contributed by atoms with Crippen molar-refractivity contribution in [2.75, 3.05) is 35.6 Å². The molecule has 11 nitrogen and oxygen atoms in total. The van der Waals surface area contributed by atoms with E-state index in [0.29, 0.717) is 33.9 Å². The second kappa shape index (κ2) is 9.45. The molecule has 0 unspecified atom stereocenters. The van der Waals surface area contributed by atoms with Gasteiger partial charge in [0.2, 0.25) is 5.95 Å². The molecule has 1 amide bonds. The fraction of sp³-hybridized carbons (Fsp3) is 0.240. The predicted molar refractivity (Wildman–Crippen MR) is 140 cm³/mol. The van der Waals surface area contributed by atoms with E-state index in [1.807, 2.05) is 17.4 Å². The van der Waals surface area contributed by atoms with Crippen molar-refractivity contribution in [1.29, 1.82) is 0 Å². The first-order valence-electron chi connectivity index (χ1n) is 12.2. The molecule has 14 heteroatoms. The number of amides is 1. The van der Waals surface area contributed by atoms with Gasteiger partial charge >= 0.3 is 6.18 Å². The number of rotatable bonds is 6. The van der Waals surface area contributed by atoms with E-state index in [1.165, 1.54) is 17.0 Å². The number of nitrogens with zero attached hydrogens (tertiary/aromatic N) is 6. The van der Waals surface area contributed by atoms with Gasteiger partial charge in [0.25, 0.3) is 5.91 Å². The maximum absolute atomic E-state index is 12.7. The Morgan fingerprint density at radius 3 is 2.59 bits per heavy atom. The van der Waals surface area contributed by atoms with E-state index in [0.717, 1.165) is 37.3 Å². The molecule has 1 fully saturated rings. The highest BCUT2D eigenvalue weighted by Crippen LogP contribution is 2.33. The third kappa shape index (κ3) is 4.87. The number of imidazole rings is 1. The van der Waals surface area contributed by atoms with Crippen molar-refractivity contribution < 1.29 is 18.0 Å². The molecule has 1 saturated heterocycles. The van der Waals surface area contributed by atoms with Gasteiger partial charge in [-0.15, -0.1) is 0 Å². The van der Waals surface area contributed by atoms with Gasteiger partial charge in [-0.3, -0.25) is 4.79 Å². The molecule has 0 radical (unpaired) electrons. The zero-order valence-electron chi connectivity index (χ0n) is 20.5. The second-order valence-electron chi connectivity index (χ2n) is 9.17. The summed E-state index contributed by atoms with van der Waals surface area (Å²) in [4.78, 5) is 31.4. The normalized spacial score (nSPS) is 13.9. The molecule has 0 saturated carbocycles. The van der Waals surface area contributed by atoms with E-state index in [-0.39, 0.29) is 11.4 Å². The first-order valence-corrected chi connectivity index (χ1v) is 12.2. The summed E-state index contributed by atoms with van der Waals surface area (Å²) >= 11 is 0. The topological polar surface area (TPSA) is 142 Å². The first-order chi connectivity index (χ1) is 18.7. The van der Waals surface area contributed by atoms with E-state index in [2.05, 4.69) is 30.3 Å². The van der Waals surface area contributed by atoms with Gasteiger partial charge < -0.3 is 26.3 Å². The third-order valence-electron chi connectivity index (χ3n) is 6.49. The van der Waals surface area contributed by atoms with Gasteiger partial charge in [0.1, 0.15) is 29.7 Å². The Morgan fingerprint density at radius 2 is 1.85 bits per heavy atom. The molecular weight excluding hydrogens is 513 g/mol. The van der Waals surface area contributed by atoms with Crippen LogP contribution in [-0.2, 0) is 0 Å². The molecule has 1 aliphatic rings. The van der Waals surface area contributed by atoms with Gasteiger partial charge in [-0.1, -0.05) is 12.1 Å². The van der Waals surface area contributed by atoms with Crippen LogP contribution < -0.4 is 21.3 Å². The van der Waals surface area contributed by atoms with Crippen LogP contribution >= 0.6 is 0 Å². The van der Waals surface area contributed by atoms with Crippen molar-refractivity contribution in [2.45, 2.75) is 19.0 Å². The number of aromatic amines is 1. The highest BCUT2D eigenvalue weighted by atomic mass is 19.4. The molecular formula is C25H23F3N10O. The minimum absolute atomic E-state index is 0.00988. The third-order valence-corrected chi connectivity index (χ3v) is 6.49. The highest BCUT2D eigenvalue weighted by Gasteiger charge is 2.29. The summed E-state index contributed by atoms with van der Waals surface area (Å²) in [6.45, 7) is 0.517. The van der Waals surface area contributed by atoms with E-state index in [1.54, 1.807) is 24.3 Å². The van der Waals surface area contributed by atoms with E-state index in [4.69, 9.17) is 10.7 Å². The van der Waals surface area contributed by atoms with Crippen molar-refractivity contribution in [3.05, 3.63) is 54.5 Å². The first kappa shape index (κ1) is 24.5. The number of pyridine rings is 1. The molecule has 5 heterocycles. The lowest BCUT2D eigenvalue weighted by molar-refractivity contribution is -0.123. The monoisotopic (exact) mass is 536 g/mol. The molecule has 0 bridgehead atoms. The summed E-state index contributed by atoms with van der Waals surface area (Å²) in [5, 5.41) is 9.16. The maximum Gasteiger partial charge on any atom is 0.405 e. The number of alkyl halides is 3. The summed E-state index contributed by atoms with van der Waals surface area (Å²) in [6.07, 6.45) is 0.294. The lowest BCUT2D eigenvalue weighted by Gasteiger charge is -2.15. The van der Waals surface area contributed by atoms with E-state index in [9.17, 15) is 18.0 Å². The maximum atomic E-state index is 12.7. The molecule has 0 spiro atoms. The molecule has 200 valence electrons. The van der Waals surface area contributed by atoms with Crippen LogP contribution in [0.15, 0.2) is 48.9 Å². The second-order valence-corrected chi connectivity index (χ2v) is 9.17. The van der Waals surface area contributed by atoms with Crippen molar-refractivity contribution in [2.24, 2.45) is 0 Å². The van der Waals surface area contributed by atoms with Gasteiger partial charge in [0.05, 0.1) is 5.56 Å². The Hall–Kier alpha value is -4.88. The van der Waals surface area contributed by atoms with Crippen LogP contribution in [0.1, 0.15) is 23.2 Å². The number of hydrogen-bond donors (Lipinski definition) is 4. The molecule has 1 aliphatic heterocycles. The average Bonchev–Trinajstić information content (AvgIpc) is 3.65. The zero-order chi connectivity index (χ0) is 27.1. The van der Waals surface area contributed by atoms with Crippen LogP contribution in [0.25, 0.3) is 27.8 Å². The molecule has 0 atom stereocenters. The van der Waals surface area contributed by atoms with E-state index >= 15 is 0 Å². The SMILES string of the molecule is Nc1ncnn2cc(C(=O)NCC(F)(F)F)c(-c3ccc(Nc4nc5ccc(N6CCCC6)nc5[nH]4)cc3)c12. The number of nitrogens with one attached hydrogen (secondary N) is 3. The Bertz CT molecular complexity index is 1670. The zero-order valence-corrected chi connectivity index (χ0v) is 20.5. The summed E-state index contributed by atoms with van der Waals surface area (Å²) in [7, 11) is 0.